The molecule has 2 nitrogen and oxygen atoms in total. The van der Waals surface area contributed by atoms with E-state index in [1.807, 2.05) is 6.07 Å². The molecule has 1 aromatic heterocycles. The van der Waals surface area contributed by atoms with Crippen LogP contribution in [0.1, 0.15) is 16.7 Å². The molecule has 0 bridgehead atoms. The van der Waals surface area contributed by atoms with Crippen LogP contribution in [-0.4, -0.2) is 4.98 Å². The van der Waals surface area contributed by atoms with Gasteiger partial charge in [-0.05, 0) is 53.4 Å². The highest BCUT2D eigenvalue weighted by molar-refractivity contribution is 9.10. The fourth-order valence-corrected chi connectivity index (χ4v) is 1.97. The van der Waals surface area contributed by atoms with E-state index in [4.69, 9.17) is 4.74 Å². The lowest BCUT2D eigenvalue weighted by atomic mass is 10.1. The maximum Gasteiger partial charge on any atom is 0.144 e. The number of hydrogen-bond acceptors (Lipinski definition) is 2. The van der Waals surface area contributed by atoms with E-state index in [0.29, 0.717) is 0 Å². The standard InChI is InChI=1S/C14H14BrNO/c1-9-4-5-10(2)14(11(9)3)17-13-6-7-16-8-12(13)15/h4-8H,1-3H3. The summed E-state index contributed by atoms with van der Waals surface area (Å²) in [6, 6.07) is 6.04. The highest BCUT2D eigenvalue weighted by Crippen LogP contribution is 2.33. The van der Waals surface area contributed by atoms with Crippen LogP contribution in [0.2, 0.25) is 0 Å². The minimum absolute atomic E-state index is 0.789. The first-order valence-corrected chi connectivity index (χ1v) is 6.23. The molecule has 0 atom stereocenters. The zero-order valence-corrected chi connectivity index (χ0v) is 11.7. The summed E-state index contributed by atoms with van der Waals surface area (Å²) in [7, 11) is 0. The second-order valence-electron chi connectivity index (χ2n) is 4.06. The SMILES string of the molecule is Cc1ccc(C)c(Oc2ccncc2Br)c1C. The fraction of sp³-hybridized carbons (Fsp3) is 0.214. The Morgan fingerprint density at radius 1 is 1.06 bits per heavy atom. The Kier molecular flexibility index (Phi) is 3.48. The Hall–Kier alpha value is -1.35. The van der Waals surface area contributed by atoms with Crippen molar-refractivity contribution >= 4 is 15.9 Å². The molecule has 2 aromatic rings. The van der Waals surface area contributed by atoms with E-state index < -0.39 is 0 Å². The largest absolute Gasteiger partial charge is 0.456 e. The van der Waals surface area contributed by atoms with Crippen molar-refractivity contribution in [3.63, 3.8) is 0 Å². The van der Waals surface area contributed by atoms with Gasteiger partial charge < -0.3 is 4.74 Å². The van der Waals surface area contributed by atoms with Crippen molar-refractivity contribution in [2.75, 3.05) is 0 Å². The first-order valence-electron chi connectivity index (χ1n) is 5.43. The third-order valence-corrected chi connectivity index (χ3v) is 3.42. The predicted molar refractivity (Wildman–Crippen MR) is 72.7 cm³/mol. The van der Waals surface area contributed by atoms with Gasteiger partial charge in [0.25, 0.3) is 0 Å². The molecule has 0 fully saturated rings. The predicted octanol–water partition coefficient (Wildman–Crippen LogP) is 4.56. The molecule has 0 aliphatic rings. The van der Waals surface area contributed by atoms with Gasteiger partial charge in [-0.1, -0.05) is 12.1 Å². The molecule has 2 rings (SSSR count). The normalized spacial score (nSPS) is 10.4. The summed E-state index contributed by atoms with van der Waals surface area (Å²) in [6.07, 6.45) is 3.45. The maximum absolute atomic E-state index is 5.96. The molecule has 0 aliphatic carbocycles. The maximum atomic E-state index is 5.96. The van der Waals surface area contributed by atoms with Gasteiger partial charge in [0.05, 0.1) is 4.47 Å². The van der Waals surface area contributed by atoms with E-state index in [9.17, 15) is 0 Å². The molecule has 17 heavy (non-hydrogen) atoms. The quantitative estimate of drug-likeness (QED) is 0.809. The number of halogens is 1. The van der Waals surface area contributed by atoms with Gasteiger partial charge >= 0.3 is 0 Å². The van der Waals surface area contributed by atoms with Crippen LogP contribution in [0.5, 0.6) is 11.5 Å². The molecule has 0 spiro atoms. The molecule has 88 valence electrons. The van der Waals surface area contributed by atoms with Crippen LogP contribution >= 0.6 is 15.9 Å². The Labute approximate surface area is 110 Å². The smallest absolute Gasteiger partial charge is 0.144 e. The van der Waals surface area contributed by atoms with E-state index in [-0.39, 0.29) is 0 Å². The molecule has 1 heterocycles. The molecule has 0 N–H and O–H groups in total. The van der Waals surface area contributed by atoms with Gasteiger partial charge in [0.15, 0.2) is 0 Å². The average Bonchev–Trinajstić information content (AvgIpc) is 2.32. The first-order chi connectivity index (χ1) is 8.09. The van der Waals surface area contributed by atoms with Gasteiger partial charge in [0.2, 0.25) is 0 Å². The number of benzene rings is 1. The third-order valence-electron chi connectivity index (χ3n) is 2.82. The van der Waals surface area contributed by atoms with Crippen molar-refractivity contribution in [3.8, 4) is 11.5 Å². The summed E-state index contributed by atoms with van der Waals surface area (Å²) in [5.41, 5.74) is 3.54. The number of rotatable bonds is 2. The summed E-state index contributed by atoms with van der Waals surface area (Å²) in [4.78, 5) is 4.02. The Bertz CT molecular complexity index is 552. The summed E-state index contributed by atoms with van der Waals surface area (Å²) in [5.74, 6) is 1.72. The van der Waals surface area contributed by atoms with Gasteiger partial charge in [0.1, 0.15) is 11.5 Å². The number of aryl methyl sites for hydroxylation is 2. The second kappa shape index (κ2) is 4.88. The van der Waals surface area contributed by atoms with Gasteiger partial charge in [-0.25, -0.2) is 0 Å². The highest BCUT2D eigenvalue weighted by Gasteiger charge is 2.09. The average molecular weight is 292 g/mol. The van der Waals surface area contributed by atoms with Crippen LogP contribution < -0.4 is 4.74 Å². The molecular weight excluding hydrogens is 278 g/mol. The van der Waals surface area contributed by atoms with E-state index in [1.54, 1.807) is 12.4 Å². The molecule has 0 unspecified atom stereocenters. The highest BCUT2D eigenvalue weighted by atomic mass is 79.9. The van der Waals surface area contributed by atoms with Crippen LogP contribution in [0, 0.1) is 20.8 Å². The Balaban J connectivity index is 2.43. The first kappa shape index (κ1) is 12.1. The van der Waals surface area contributed by atoms with Crippen molar-refractivity contribution in [3.05, 3.63) is 51.8 Å². The lowest BCUT2D eigenvalue weighted by Crippen LogP contribution is -1.94. The number of pyridine rings is 1. The minimum atomic E-state index is 0.789. The minimum Gasteiger partial charge on any atom is -0.456 e. The number of aromatic nitrogens is 1. The Morgan fingerprint density at radius 2 is 1.76 bits per heavy atom. The van der Waals surface area contributed by atoms with Crippen molar-refractivity contribution < 1.29 is 4.74 Å². The summed E-state index contributed by atoms with van der Waals surface area (Å²) in [5, 5.41) is 0. The molecule has 1 aromatic carbocycles. The lowest BCUT2D eigenvalue weighted by Gasteiger charge is -2.14. The zero-order valence-electron chi connectivity index (χ0n) is 10.1. The molecule has 0 aliphatic heterocycles. The van der Waals surface area contributed by atoms with Crippen molar-refractivity contribution in [1.82, 2.24) is 4.98 Å². The lowest BCUT2D eigenvalue weighted by molar-refractivity contribution is 0.471. The van der Waals surface area contributed by atoms with Crippen molar-refractivity contribution in [1.29, 1.82) is 0 Å². The number of ether oxygens (including phenoxy) is 1. The van der Waals surface area contributed by atoms with Crippen molar-refractivity contribution in [2.24, 2.45) is 0 Å². The zero-order chi connectivity index (χ0) is 12.4. The second-order valence-corrected chi connectivity index (χ2v) is 4.92. The van der Waals surface area contributed by atoms with Crippen LogP contribution in [0.4, 0.5) is 0 Å². The number of nitrogens with zero attached hydrogens (tertiary/aromatic N) is 1. The van der Waals surface area contributed by atoms with Gasteiger partial charge in [0, 0.05) is 18.5 Å². The molecule has 0 saturated carbocycles. The van der Waals surface area contributed by atoms with Crippen LogP contribution in [0.3, 0.4) is 0 Å². The molecule has 0 saturated heterocycles. The van der Waals surface area contributed by atoms with Crippen molar-refractivity contribution in [2.45, 2.75) is 20.8 Å². The fourth-order valence-electron chi connectivity index (χ4n) is 1.64. The van der Waals surface area contributed by atoms with Crippen LogP contribution in [0.15, 0.2) is 35.1 Å². The monoisotopic (exact) mass is 291 g/mol. The van der Waals surface area contributed by atoms with Crippen LogP contribution in [-0.2, 0) is 0 Å². The van der Waals surface area contributed by atoms with Gasteiger partial charge in [-0.3, -0.25) is 4.98 Å². The molecule has 0 radical (unpaired) electrons. The molecule has 3 heteroatoms. The van der Waals surface area contributed by atoms with E-state index >= 15 is 0 Å². The molecule has 0 amide bonds. The summed E-state index contributed by atoms with van der Waals surface area (Å²) >= 11 is 3.43. The molecular formula is C14H14BrNO. The Morgan fingerprint density at radius 3 is 2.47 bits per heavy atom. The number of hydrogen-bond donors (Lipinski definition) is 0. The van der Waals surface area contributed by atoms with Crippen LogP contribution in [0.25, 0.3) is 0 Å². The topological polar surface area (TPSA) is 22.1 Å². The van der Waals surface area contributed by atoms with E-state index in [1.165, 1.54) is 11.1 Å². The summed E-state index contributed by atoms with van der Waals surface area (Å²) in [6.45, 7) is 6.22. The van der Waals surface area contributed by atoms with E-state index in [2.05, 4.69) is 53.8 Å². The van der Waals surface area contributed by atoms with Gasteiger partial charge in [-0.2, -0.15) is 0 Å². The van der Waals surface area contributed by atoms with Gasteiger partial charge in [-0.15, -0.1) is 0 Å². The summed E-state index contributed by atoms with van der Waals surface area (Å²) < 4.78 is 6.83. The van der Waals surface area contributed by atoms with E-state index in [0.717, 1.165) is 21.5 Å². The third kappa shape index (κ3) is 2.50.